The molecule has 0 saturated carbocycles. The average molecular weight is 257 g/mol. The second-order valence-corrected chi connectivity index (χ2v) is 5.65. The van der Waals surface area contributed by atoms with Gasteiger partial charge in [0.2, 0.25) is 0 Å². The summed E-state index contributed by atoms with van der Waals surface area (Å²) < 4.78 is 0. The summed E-state index contributed by atoms with van der Waals surface area (Å²) >= 11 is 0. The van der Waals surface area contributed by atoms with Crippen LogP contribution in [0.4, 0.5) is 0 Å². The summed E-state index contributed by atoms with van der Waals surface area (Å²) in [5.74, 6) is -0.890. The molecule has 0 bridgehead atoms. The Kier molecular flexibility index (Phi) is 10.0. The van der Waals surface area contributed by atoms with E-state index in [1.54, 1.807) is 6.92 Å². The molecule has 1 atom stereocenters. The highest BCUT2D eigenvalue weighted by atomic mass is 16.4. The summed E-state index contributed by atoms with van der Waals surface area (Å²) in [6.45, 7) is 3.84. The summed E-state index contributed by atoms with van der Waals surface area (Å²) in [5, 5.41) is 8.86. The highest BCUT2D eigenvalue weighted by molar-refractivity contribution is 5.77. The van der Waals surface area contributed by atoms with Crippen LogP contribution < -0.4 is 5.73 Å². The largest absolute Gasteiger partial charge is 0.480 e. The predicted molar refractivity (Wildman–Crippen MR) is 76.7 cm³/mol. The highest BCUT2D eigenvalue weighted by Crippen LogP contribution is 2.15. The summed E-state index contributed by atoms with van der Waals surface area (Å²) in [6, 6.07) is 0. The zero-order valence-corrected chi connectivity index (χ0v) is 12.2. The molecule has 108 valence electrons. The number of hydrogen-bond donors (Lipinski definition) is 2. The Morgan fingerprint density at radius 3 is 1.72 bits per heavy atom. The molecule has 0 spiro atoms. The van der Waals surface area contributed by atoms with Gasteiger partial charge in [-0.3, -0.25) is 4.79 Å². The Balaban J connectivity index is 3.24. The van der Waals surface area contributed by atoms with E-state index in [0.29, 0.717) is 6.42 Å². The lowest BCUT2D eigenvalue weighted by Gasteiger charge is -2.18. The molecular weight excluding hydrogens is 226 g/mol. The number of unbranched alkanes of at least 4 members (excludes halogenated alkanes) is 9. The zero-order chi connectivity index (χ0) is 13.9. The lowest BCUT2D eigenvalue weighted by molar-refractivity contribution is -0.142. The van der Waals surface area contributed by atoms with Gasteiger partial charge in [-0.25, -0.2) is 0 Å². The van der Waals surface area contributed by atoms with Crippen molar-refractivity contribution in [2.24, 2.45) is 5.73 Å². The SMILES string of the molecule is CCCCCCCCCCCCC(C)(N)C(=O)O. The first kappa shape index (κ1) is 17.4. The van der Waals surface area contributed by atoms with E-state index in [1.165, 1.54) is 51.4 Å². The lowest BCUT2D eigenvalue weighted by atomic mass is 9.95. The monoisotopic (exact) mass is 257 g/mol. The Labute approximate surface area is 112 Å². The molecule has 0 aliphatic heterocycles. The number of carboxylic acid groups (broad SMARTS) is 1. The van der Waals surface area contributed by atoms with E-state index in [4.69, 9.17) is 10.8 Å². The van der Waals surface area contributed by atoms with E-state index in [-0.39, 0.29) is 0 Å². The van der Waals surface area contributed by atoms with Crippen molar-refractivity contribution in [1.82, 2.24) is 0 Å². The second-order valence-electron chi connectivity index (χ2n) is 5.65. The third-order valence-electron chi connectivity index (χ3n) is 3.54. The van der Waals surface area contributed by atoms with Crippen molar-refractivity contribution < 1.29 is 9.90 Å². The van der Waals surface area contributed by atoms with Crippen LogP contribution in [0.1, 0.15) is 84.5 Å². The highest BCUT2D eigenvalue weighted by Gasteiger charge is 2.26. The fraction of sp³-hybridized carbons (Fsp3) is 0.933. The van der Waals surface area contributed by atoms with Crippen LogP contribution in [0.3, 0.4) is 0 Å². The van der Waals surface area contributed by atoms with E-state index in [1.807, 2.05) is 0 Å². The standard InChI is InChI=1S/C15H31NO2/c1-3-4-5-6-7-8-9-10-11-12-13-15(2,16)14(17)18/h3-13,16H2,1-2H3,(H,17,18). The van der Waals surface area contributed by atoms with E-state index in [9.17, 15) is 4.79 Å². The van der Waals surface area contributed by atoms with Crippen molar-refractivity contribution in [2.45, 2.75) is 90.0 Å². The predicted octanol–water partition coefficient (Wildman–Crippen LogP) is 4.10. The van der Waals surface area contributed by atoms with Crippen molar-refractivity contribution in [3.63, 3.8) is 0 Å². The van der Waals surface area contributed by atoms with E-state index < -0.39 is 11.5 Å². The van der Waals surface area contributed by atoms with Gasteiger partial charge in [0.25, 0.3) is 0 Å². The van der Waals surface area contributed by atoms with Gasteiger partial charge >= 0.3 is 5.97 Å². The number of hydrogen-bond acceptors (Lipinski definition) is 2. The molecule has 1 unspecified atom stereocenters. The Morgan fingerprint density at radius 2 is 1.33 bits per heavy atom. The van der Waals surface area contributed by atoms with Crippen LogP contribution in [0.5, 0.6) is 0 Å². The van der Waals surface area contributed by atoms with Crippen molar-refractivity contribution in [3.8, 4) is 0 Å². The zero-order valence-electron chi connectivity index (χ0n) is 12.2. The van der Waals surface area contributed by atoms with E-state index in [2.05, 4.69) is 6.92 Å². The Bertz CT molecular complexity index is 215. The van der Waals surface area contributed by atoms with Crippen LogP contribution in [0.2, 0.25) is 0 Å². The molecule has 0 fully saturated rings. The van der Waals surface area contributed by atoms with Gasteiger partial charge in [-0.1, -0.05) is 71.1 Å². The van der Waals surface area contributed by atoms with Crippen molar-refractivity contribution in [1.29, 1.82) is 0 Å². The molecule has 3 heteroatoms. The van der Waals surface area contributed by atoms with Crippen LogP contribution in [-0.4, -0.2) is 16.6 Å². The van der Waals surface area contributed by atoms with Crippen LogP contribution in [0, 0.1) is 0 Å². The summed E-state index contributed by atoms with van der Waals surface area (Å²) in [5.41, 5.74) is 4.63. The van der Waals surface area contributed by atoms with Crippen molar-refractivity contribution in [3.05, 3.63) is 0 Å². The third kappa shape index (κ3) is 9.46. The molecule has 0 aromatic rings. The number of aliphatic carboxylic acids is 1. The molecule has 0 aromatic heterocycles. The van der Waals surface area contributed by atoms with Gasteiger partial charge in [-0.05, 0) is 13.3 Å². The minimum Gasteiger partial charge on any atom is -0.480 e. The number of carboxylic acids is 1. The van der Waals surface area contributed by atoms with E-state index in [0.717, 1.165) is 12.8 Å². The maximum absolute atomic E-state index is 10.8. The Hall–Kier alpha value is -0.570. The molecule has 0 amide bonds. The minimum absolute atomic E-state index is 0.582. The second kappa shape index (κ2) is 10.4. The number of nitrogens with two attached hydrogens (primary N) is 1. The smallest absolute Gasteiger partial charge is 0.323 e. The molecule has 0 aliphatic rings. The summed E-state index contributed by atoms with van der Waals surface area (Å²) in [4.78, 5) is 10.8. The summed E-state index contributed by atoms with van der Waals surface area (Å²) in [7, 11) is 0. The first-order valence-corrected chi connectivity index (χ1v) is 7.53. The number of carbonyl (C=O) groups is 1. The van der Waals surface area contributed by atoms with E-state index >= 15 is 0 Å². The summed E-state index contributed by atoms with van der Waals surface area (Å²) in [6.07, 6.45) is 13.2. The molecule has 0 radical (unpaired) electrons. The van der Waals surface area contributed by atoms with Crippen LogP contribution in [0.15, 0.2) is 0 Å². The van der Waals surface area contributed by atoms with Crippen molar-refractivity contribution >= 4 is 5.97 Å². The molecular formula is C15H31NO2. The first-order chi connectivity index (χ1) is 8.50. The van der Waals surface area contributed by atoms with Gasteiger partial charge in [-0.2, -0.15) is 0 Å². The van der Waals surface area contributed by atoms with Gasteiger partial charge < -0.3 is 10.8 Å². The maximum atomic E-state index is 10.8. The molecule has 0 heterocycles. The van der Waals surface area contributed by atoms with Crippen molar-refractivity contribution in [2.75, 3.05) is 0 Å². The number of rotatable bonds is 12. The average Bonchev–Trinajstić information content (AvgIpc) is 2.31. The van der Waals surface area contributed by atoms with Crippen LogP contribution >= 0.6 is 0 Å². The van der Waals surface area contributed by atoms with Gasteiger partial charge in [-0.15, -0.1) is 0 Å². The minimum atomic E-state index is -1.04. The molecule has 3 N–H and O–H groups in total. The third-order valence-corrected chi connectivity index (χ3v) is 3.54. The Morgan fingerprint density at radius 1 is 0.944 bits per heavy atom. The van der Waals surface area contributed by atoms with Crippen LogP contribution in [0.25, 0.3) is 0 Å². The van der Waals surface area contributed by atoms with Crippen LogP contribution in [-0.2, 0) is 4.79 Å². The fourth-order valence-electron chi connectivity index (χ4n) is 2.09. The molecule has 0 saturated heterocycles. The molecule has 0 aliphatic carbocycles. The van der Waals surface area contributed by atoms with Gasteiger partial charge in [0.05, 0.1) is 0 Å². The maximum Gasteiger partial charge on any atom is 0.323 e. The normalized spacial score (nSPS) is 14.4. The fourth-order valence-corrected chi connectivity index (χ4v) is 2.09. The molecule has 0 rings (SSSR count). The molecule has 18 heavy (non-hydrogen) atoms. The molecule has 0 aromatic carbocycles. The topological polar surface area (TPSA) is 63.3 Å². The van der Waals surface area contributed by atoms with Gasteiger partial charge in [0, 0.05) is 0 Å². The van der Waals surface area contributed by atoms with Gasteiger partial charge in [0.1, 0.15) is 5.54 Å². The quantitative estimate of drug-likeness (QED) is 0.517. The first-order valence-electron chi connectivity index (χ1n) is 7.53. The lowest BCUT2D eigenvalue weighted by Crippen LogP contribution is -2.44. The van der Waals surface area contributed by atoms with Gasteiger partial charge in [0.15, 0.2) is 0 Å². The molecule has 3 nitrogen and oxygen atoms in total.